The molecule has 0 atom stereocenters. The number of aryl methyl sites for hydroxylation is 1. The van der Waals surface area contributed by atoms with Crippen LogP contribution in [-0.4, -0.2) is 17.9 Å². The molecule has 0 radical (unpaired) electrons. The van der Waals surface area contributed by atoms with Gasteiger partial charge in [0.05, 0.1) is 12.6 Å². The van der Waals surface area contributed by atoms with Gasteiger partial charge in [-0.2, -0.15) is 0 Å². The lowest BCUT2D eigenvalue weighted by molar-refractivity contribution is 0.101. The van der Waals surface area contributed by atoms with Crippen LogP contribution in [-0.2, 0) is 0 Å². The molecule has 0 amide bonds. The number of carbonyl (C=O) groups is 1. The summed E-state index contributed by atoms with van der Waals surface area (Å²) in [6.07, 6.45) is 0. The number of hydrogen-bond acceptors (Lipinski definition) is 2. The predicted octanol–water partition coefficient (Wildman–Crippen LogP) is 3.34. The number of methoxy groups -OCH3 is 1. The lowest BCUT2D eigenvalue weighted by Gasteiger charge is -2.02. The maximum atomic E-state index is 11.5. The summed E-state index contributed by atoms with van der Waals surface area (Å²) in [4.78, 5) is 14.7. The molecule has 0 aliphatic rings. The van der Waals surface area contributed by atoms with Crippen LogP contribution in [0.5, 0.6) is 5.75 Å². The number of ketones is 1. The monoisotopic (exact) mass is 237 g/mol. The van der Waals surface area contributed by atoms with Gasteiger partial charge in [-0.05, 0) is 19.9 Å². The maximum Gasteiger partial charge on any atom is 0.162 e. The van der Waals surface area contributed by atoms with Gasteiger partial charge < -0.3 is 9.72 Å². The Labute approximate surface area is 98.4 Å². The number of Topliss-reactive ketones (excluding diaryl/α,β-unsaturated/α-hetero) is 1. The molecule has 0 saturated carbocycles. The molecule has 0 unspecified atom stereocenters. The minimum absolute atomic E-state index is 0.0214. The zero-order chi connectivity index (χ0) is 11.9. The molecule has 1 N–H and O–H groups in total. The molecule has 0 aliphatic heterocycles. The third-order valence-electron chi connectivity index (χ3n) is 2.60. The Morgan fingerprint density at radius 1 is 1.44 bits per heavy atom. The molecule has 1 aromatic heterocycles. The molecule has 0 saturated heterocycles. The number of carbonyl (C=O) groups excluding carboxylic acids is 1. The summed E-state index contributed by atoms with van der Waals surface area (Å²) in [6.45, 7) is 3.41. The molecule has 0 bridgehead atoms. The molecule has 2 rings (SSSR count). The second kappa shape index (κ2) is 3.83. The van der Waals surface area contributed by atoms with Crippen LogP contribution in [0.4, 0.5) is 0 Å². The van der Waals surface area contributed by atoms with E-state index in [-0.39, 0.29) is 5.78 Å². The van der Waals surface area contributed by atoms with E-state index < -0.39 is 0 Å². The summed E-state index contributed by atoms with van der Waals surface area (Å²) in [7, 11) is 1.58. The van der Waals surface area contributed by atoms with E-state index in [1.165, 1.54) is 0 Å². The van der Waals surface area contributed by atoms with Crippen molar-refractivity contribution in [3.05, 3.63) is 28.4 Å². The Morgan fingerprint density at radius 3 is 2.69 bits per heavy atom. The van der Waals surface area contributed by atoms with Crippen molar-refractivity contribution >= 4 is 28.3 Å². The molecule has 3 nitrogen and oxygen atoms in total. The fourth-order valence-electron chi connectivity index (χ4n) is 1.97. The molecule has 2 aromatic rings. The largest absolute Gasteiger partial charge is 0.495 e. The Bertz CT molecular complexity index is 572. The van der Waals surface area contributed by atoms with Crippen molar-refractivity contribution in [1.29, 1.82) is 0 Å². The van der Waals surface area contributed by atoms with Gasteiger partial charge in [0.1, 0.15) is 5.75 Å². The third kappa shape index (κ3) is 1.57. The van der Waals surface area contributed by atoms with Gasteiger partial charge in [-0.3, -0.25) is 4.79 Å². The second-order valence-corrected chi connectivity index (χ2v) is 4.15. The molecule has 16 heavy (non-hydrogen) atoms. The average molecular weight is 238 g/mol. The van der Waals surface area contributed by atoms with Crippen molar-refractivity contribution in [1.82, 2.24) is 4.98 Å². The van der Waals surface area contributed by atoms with Crippen LogP contribution in [0.25, 0.3) is 10.9 Å². The molecule has 0 spiro atoms. The molecular weight excluding hydrogens is 226 g/mol. The number of rotatable bonds is 2. The highest BCUT2D eigenvalue weighted by Crippen LogP contribution is 2.33. The van der Waals surface area contributed by atoms with E-state index in [2.05, 4.69) is 4.98 Å². The van der Waals surface area contributed by atoms with Gasteiger partial charge in [0, 0.05) is 27.7 Å². The van der Waals surface area contributed by atoms with Gasteiger partial charge in [0.2, 0.25) is 0 Å². The summed E-state index contributed by atoms with van der Waals surface area (Å²) in [5, 5.41) is 1.38. The highest BCUT2D eigenvalue weighted by molar-refractivity contribution is 6.32. The number of H-pyrrole nitrogens is 1. The SMILES string of the molecule is COc1cc(Cl)cc2c(C(C)=O)c(C)[nH]c12. The summed E-state index contributed by atoms with van der Waals surface area (Å²) in [5.41, 5.74) is 2.33. The van der Waals surface area contributed by atoms with Crippen molar-refractivity contribution in [2.24, 2.45) is 0 Å². The fraction of sp³-hybridized carbons (Fsp3) is 0.250. The van der Waals surface area contributed by atoms with Crippen molar-refractivity contribution in [3.8, 4) is 5.75 Å². The average Bonchev–Trinajstić information content (AvgIpc) is 2.52. The Balaban J connectivity index is 2.89. The van der Waals surface area contributed by atoms with Crippen LogP contribution >= 0.6 is 11.6 Å². The van der Waals surface area contributed by atoms with Gasteiger partial charge in [0.25, 0.3) is 0 Å². The highest BCUT2D eigenvalue weighted by atomic mass is 35.5. The zero-order valence-corrected chi connectivity index (χ0v) is 10.1. The van der Waals surface area contributed by atoms with Crippen molar-refractivity contribution in [2.75, 3.05) is 7.11 Å². The van der Waals surface area contributed by atoms with E-state index in [4.69, 9.17) is 16.3 Å². The van der Waals surface area contributed by atoms with Crippen LogP contribution in [0.1, 0.15) is 23.0 Å². The van der Waals surface area contributed by atoms with Crippen LogP contribution in [0.15, 0.2) is 12.1 Å². The van der Waals surface area contributed by atoms with Crippen molar-refractivity contribution in [2.45, 2.75) is 13.8 Å². The van der Waals surface area contributed by atoms with Gasteiger partial charge in [-0.25, -0.2) is 0 Å². The van der Waals surface area contributed by atoms with E-state index >= 15 is 0 Å². The zero-order valence-electron chi connectivity index (χ0n) is 9.35. The lowest BCUT2D eigenvalue weighted by atomic mass is 10.1. The van der Waals surface area contributed by atoms with E-state index in [0.717, 1.165) is 16.6 Å². The molecule has 0 fully saturated rings. The maximum absolute atomic E-state index is 11.5. The van der Waals surface area contributed by atoms with Crippen LogP contribution in [0.2, 0.25) is 5.02 Å². The molecule has 1 heterocycles. The van der Waals surface area contributed by atoms with E-state index in [1.54, 1.807) is 26.2 Å². The number of benzene rings is 1. The van der Waals surface area contributed by atoms with Crippen LogP contribution in [0, 0.1) is 6.92 Å². The summed E-state index contributed by atoms with van der Waals surface area (Å²) < 4.78 is 5.23. The fourth-order valence-corrected chi connectivity index (χ4v) is 2.18. The first-order valence-corrected chi connectivity index (χ1v) is 5.29. The number of halogens is 1. The first-order chi connectivity index (χ1) is 7.54. The number of fused-ring (bicyclic) bond motifs is 1. The second-order valence-electron chi connectivity index (χ2n) is 3.71. The highest BCUT2D eigenvalue weighted by Gasteiger charge is 2.15. The molecule has 0 aliphatic carbocycles. The number of nitrogens with one attached hydrogen (secondary N) is 1. The Morgan fingerprint density at radius 2 is 2.12 bits per heavy atom. The van der Waals surface area contributed by atoms with Crippen LogP contribution < -0.4 is 4.74 Å². The van der Waals surface area contributed by atoms with Crippen molar-refractivity contribution in [3.63, 3.8) is 0 Å². The van der Waals surface area contributed by atoms with E-state index in [1.807, 2.05) is 6.92 Å². The Hall–Kier alpha value is -1.48. The summed E-state index contributed by atoms with van der Waals surface area (Å²) >= 11 is 5.98. The number of ether oxygens (including phenoxy) is 1. The summed E-state index contributed by atoms with van der Waals surface area (Å²) in [6, 6.07) is 3.50. The van der Waals surface area contributed by atoms with E-state index in [0.29, 0.717) is 16.3 Å². The Kier molecular flexibility index (Phi) is 2.64. The normalized spacial score (nSPS) is 10.8. The standard InChI is InChI=1S/C12H12ClNO2/c1-6-11(7(2)15)9-4-8(13)5-10(16-3)12(9)14-6/h4-5,14H,1-3H3. The first kappa shape index (κ1) is 11.0. The summed E-state index contributed by atoms with van der Waals surface area (Å²) in [5.74, 6) is 0.672. The van der Waals surface area contributed by atoms with Crippen LogP contribution in [0.3, 0.4) is 0 Å². The molecular formula is C12H12ClNO2. The molecule has 84 valence electrons. The van der Waals surface area contributed by atoms with Gasteiger partial charge in [0.15, 0.2) is 5.78 Å². The topological polar surface area (TPSA) is 42.1 Å². The minimum atomic E-state index is 0.0214. The van der Waals surface area contributed by atoms with Gasteiger partial charge in [-0.15, -0.1) is 0 Å². The molecule has 1 aromatic carbocycles. The first-order valence-electron chi connectivity index (χ1n) is 4.91. The van der Waals surface area contributed by atoms with Crippen molar-refractivity contribution < 1.29 is 9.53 Å². The number of aromatic amines is 1. The number of aromatic nitrogens is 1. The van der Waals surface area contributed by atoms with Gasteiger partial charge in [-0.1, -0.05) is 11.6 Å². The quantitative estimate of drug-likeness (QED) is 0.814. The van der Waals surface area contributed by atoms with E-state index in [9.17, 15) is 4.79 Å². The van der Waals surface area contributed by atoms with Gasteiger partial charge >= 0.3 is 0 Å². The third-order valence-corrected chi connectivity index (χ3v) is 2.81. The minimum Gasteiger partial charge on any atom is -0.495 e. The smallest absolute Gasteiger partial charge is 0.162 e. The lowest BCUT2D eigenvalue weighted by Crippen LogP contribution is -1.92. The number of hydrogen-bond donors (Lipinski definition) is 1. The predicted molar refractivity (Wildman–Crippen MR) is 64.6 cm³/mol. The molecule has 4 heteroatoms.